The van der Waals surface area contributed by atoms with E-state index in [1.165, 1.54) is 0 Å². The Morgan fingerprint density at radius 2 is 2.25 bits per heavy atom. The molecule has 1 fully saturated rings. The molecule has 1 aromatic rings. The molecule has 1 aliphatic rings. The maximum Gasteiger partial charge on any atom is 0.0640 e. The monoisotopic (exact) mass is 234 g/mol. The highest BCUT2D eigenvalue weighted by atomic mass is 35.5. The van der Waals surface area contributed by atoms with Crippen molar-refractivity contribution in [3.05, 3.63) is 28.8 Å². The number of hydrogen-bond acceptors (Lipinski definition) is 2. The summed E-state index contributed by atoms with van der Waals surface area (Å²) in [6.45, 7) is 2.87. The molecule has 0 saturated heterocycles. The van der Waals surface area contributed by atoms with Gasteiger partial charge >= 0.3 is 0 Å². The lowest BCUT2D eigenvalue weighted by Crippen LogP contribution is -2.15. The van der Waals surface area contributed by atoms with Crippen molar-refractivity contribution in [1.82, 2.24) is 0 Å². The van der Waals surface area contributed by atoms with Crippen molar-refractivity contribution in [2.24, 2.45) is 5.41 Å². The zero-order valence-electron chi connectivity index (χ0n) is 9.39. The van der Waals surface area contributed by atoms with Gasteiger partial charge in [-0.2, -0.15) is 5.26 Å². The van der Waals surface area contributed by atoms with Crippen LogP contribution in [0.1, 0.15) is 24.8 Å². The van der Waals surface area contributed by atoms with Crippen molar-refractivity contribution < 1.29 is 0 Å². The van der Waals surface area contributed by atoms with Crippen molar-refractivity contribution in [3.8, 4) is 6.07 Å². The predicted molar refractivity (Wildman–Crippen MR) is 66.6 cm³/mol. The summed E-state index contributed by atoms with van der Waals surface area (Å²) in [6.07, 6.45) is 2.94. The molecule has 3 heteroatoms. The number of nitrogens with zero attached hydrogens (tertiary/aromatic N) is 1. The lowest BCUT2D eigenvalue weighted by Gasteiger charge is -2.14. The Bertz CT molecular complexity index is 430. The van der Waals surface area contributed by atoms with Gasteiger partial charge in [-0.3, -0.25) is 0 Å². The molecule has 2 nitrogen and oxygen atoms in total. The summed E-state index contributed by atoms with van der Waals surface area (Å²) in [5.41, 5.74) is 2.34. The summed E-state index contributed by atoms with van der Waals surface area (Å²) in [6, 6.07) is 8.25. The molecule has 0 spiro atoms. The summed E-state index contributed by atoms with van der Waals surface area (Å²) < 4.78 is 0. The fourth-order valence-electron chi connectivity index (χ4n) is 1.81. The van der Waals surface area contributed by atoms with E-state index in [0.717, 1.165) is 35.7 Å². The summed E-state index contributed by atoms with van der Waals surface area (Å²) >= 11 is 6.13. The van der Waals surface area contributed by atoms with Crippen LogP contribution in [0.5, 0.6) is 0 Å². The SMILES string of the molecule is Cc1ccc(NCC2(CC#N)CC2)c(Cl)c1. The minimum atomic E-state index is 0.211. The van der Waals surface area contributed by atoms with Crippen LogP contribution in [-0.2, 0) is 0 Å². The van der Waals surface area contributed by atoms with Crippen molar-refractivity contribution in [1.29, 1.82) is 5.26 Å². The van der Waals surface area contributed by atoms with Gasteiger partial charge in [0.15, 0.2) is 0 Å². The van der Waals surface area contributed by atoms with Crippen LogP contribution < -0.4 is 5.32 Å². The predicted octanol–water partition coefficient (Wildman–Crippen LogP) is 3.75. The lowest BCUT2D eigenvalue weighted by molar-refractivity contribution is 0.557. The van der Waals surface area contributed by atoms with E-state index in [4.69, 9.17) is 16.9 Å². The Morgan fingerprint density at radius 3 is 2.81 bits per heavy atom. The zero-order chi connectivity index (χ0) is 11.6. The molecule has 16 heavy (non-hydrogen) atoms. The number of nitrogens with one attached hydrogen (secondary N) is 1. The van der Waals surface area contributed by atoms with Crippen LogP contribution in [-0.4, -0.2) is 6.54 Å². The second kappa shape index (κ2) is 4.35. The Labute approximate surface area is 101 Å². The van der Waals surface area contributed by atoms with Gasteiger partial charge in [-0.25, -0.2) is 0 Å². The largest absolute Gasteiger partial charge is 0.383 e. The fraction of sp³-hybridized carbons (Fsp3) is 0.462. The molecule has 1 aromatic carbocycles. The number of hydrogen-bond donors (Lipinski definition) is 1. The van der Waals surface area contributed by atoms with Gasteiger partial charge < -0.3 is 5.32 Å². The second-order valence-corrected chi connectivity index (χ2v) is 5.08. The number of benzene rings is 1. The summed E-state index contributed by atoms with van der Waals surface area (Å²) in [5.74, 6) is 0. The third kappa shape index (κ3) is 2.48. The molecule has 84 valence electrons. The van der Waals surface area contributed by atoms with E-state index in [1.54, 1.807) is 0 Å². The molecular weight excluding hydrogens is 220 g/mol. The molecule has 1 N–H and O–H groups in total. The van der Waals surface area contributed by atoms with Crippen molar-refractivity contribution in [2.75, 3.05) is 11.9 Å². The number of halogens is 1. The quantitative estimate of drug-likeness (QED) is 0.861. The topological polar surface area (TPSA) is 35.8 Å². The molecular formula is C13H15ClN2. The van der Waals surface area contributed by atoms with E-state index < -0.39 is 0 Å². The number of nitriles is 1. The molecule has 0 bridgehead atoms. The van der Waals surface area contributed by atoms with Crippen LogP contribution >= 0.6 is 11.6 Å². The first-order chi connectivity index (χ1) is 7.65. The molecule has 0 radical (unpaired) electrons. The molecule has 2 rings (SSSR count). The van der Waals surface area contributed by atoms with E-state index >= 15 is 0 Å². The van der Waals surface area contributed by atoms with E-state index in [-0.39, 0.29) is 5.41 Å². The highest BCUT2D eigenvalue weighted by Crippen LogP contribution is 2.48. The van der Waals surface area contributed by atoms with Crippen LogP contribution in [0, 0.1) is 23.7 Å². The minimum absolute atomic E-state index is 0.211. The Hall–Kier alpha value is -1.20. The molecule has 0 aliphatic heterocycles. The minimum Gasteiger partial charge on any atom is -0.383 e. The Morgan fingerprint density at radius 1 is 1.50 bits per heavy atom. The van der Waals surface area contributed by atoms with Gasteiger partial charge in [-0.05, 0) is 37.5 Å². The molecule has 0 heterocycles. The van der Waals surface area contributed by atoms with Crippen molar-refractivity contribution in [3.63, 3.8) is 0 Å². The van der Waals surface area contributed by atoms with Crippen molar-refractivity contribution in [2.45, 2.75) is 26.2 Å². The third-order valence-corrected chi connectivity index (χ3v) is 3.50. The first-order valence-electron chi connectivity index (χ1n) is 5.52. The Kier molecular flexibility index (Phi) is 3.07. The normalized spacial score (nSPS) is 16.6. The fourth-order valence-corrected chi connectivity index (χ4v) is 2.11. The smallest absolute Gasteiger partial charge is 0.0640 e. The molecule has 1 saturated carbocycles. The number of aryl methyl sites for hydroxylation is 1. The summed E-state index contributed by atoms with van der Waals surface area (Å²) in [5, 5.41) is 12.8. The summed E-state index contributed by atoms with van der Waals surface area (Å²) in [4.78, 5) is 0. The van der Waals surface area contributed by atoms with Gasteiger partial charge in [-0.1, -0.05) is 17.7 Å². The second-order valence-electron chi connectivity index (χ2n) is 4.67. The van der Waals surface area contributed by atoms with Crippen LogP contribution in [0.4, 0.5) is 5.69 Å². The van der Waals surface area contributed by atoms with Gasteiger partial charge in [0.05, 0.1) is 16.8 Å². The average Bonchev–Trinajstić information content (AvgIpc) is 2.98. The molecule has 0 amide bonds. The van der Waals surface area contributed by atoms with Crippen LogP contribution in [0.25, 0.3) is 0 Å². The zero-order valence-corrected chi connectivity index (χ0v) is 10.1. The molecule has 1 aliphatic carbocycles. The molecule has 0 atom stereocenters. The van der Waals surface area contributed by atoms with Crippen LogP contribution in [0.3, 0.4) is 0 Å². The van der Waals surface area contributed by atoms with Gasteiger partial charge in [0, 0.05) is 18.4 Å². The van der Waals surface area contributed by atoms with E-state index in [2.05, 4.69) is 11.4 Å². The van der Waals surface area contributed by atoms with Gasteiger partial charge in [0.1, 0.15) is 0 Å². The van der Waals surface area contributed by atoms with E-state index in [9.17, 15) is 0 Å². The first kappa shape index (κ1) is 11.3. The first-order valence-corrected chi connectivity index (χ1v) is 5.90. The average molecular weight is 235 g/mol. The summed E-state index contributed by atoms with van der Waals surface area (Å²) in [7, 11) is 0. The van der Waals surface area contributed by atoms with Gasteiger partial charge in [0.25, 0.3) is 0 Å². The molecule has 0 aromatic heterocycles. The maximum absolute atomic E-state index is 8.73. The number of anilines is 1. The molecule has 0 unspecified atom stereocenters. The van der Waals surface area contributed by atoms with Crippen LogP contribution in [0.2, 0.25) is 5.02 Å². The highest BCUT2D eigenvalue weighted by Gasteiger charge is 2.42. The highest BCUT2D eigenvalue weighted by molar-refractivity contribution is 6.33. The van der Waals surface area contributed by atoms with E-state index in [1.807, 2.05) is 25.1 Å². The van der Waals surface area contributed by atoms with Gasteiger partial charge in [-0.15, -0.1) is 0 Å². The lowest BCUT2D eigenvalue weighted by atomic mass is 10.0. The third-order valence-electron chi connectivity index (χ3n) is 3.19. The number of rotatable bonds is 4. The van der Waals surface area contributed by atoms with Crippen LogP contribution in [0.15, 0.2) is 18.2 Å². The van der Waals surface area contributed by atoms with Gasteiger partial charge in [0.2, 0.25) is 0 Å². The Balaban J connectivity index is 1.98. The standard InChI is InChI=1S/C13H15ClN2/c1-10-2-3-12(11(14)8-10)16-9-13(4-5-13)6-7-15/h2-3,8,16H,4-6,9H2,1H3. The van der Waals surface area contributed by atoms with Crippen molar-refractivity contribution >= 4 is 17.3 Å². The maximum atomic E-state index is 8.73. The van der Waals surface area contributed by atoms with E-state index in [0.29, 0.717) is 6.42 Å².